The first-order valence-electron chi connectivity index (χ1n) is 4.86. The van der Waals surface area contributed by atoms with Gasteiger partial charge in [0, 0.05) is 12.1 Å². The molecule has 3 heteroatoms. The Morgan fingerprint density at radius 2 is 1.93 bits per heavy atom. The van der Waals surface area contributed by atoms with Crippen molar-refractivity contribution in [3.05, 3.63) is 34.9 Å². The molecule has 0 aromatic heterocycles. The van der Waals surface area contributed by atoms with E-state index < -0.39 is 0 Å². The summed E-state index contributed by atoms with van der Waals surface area (Å²) in [6.07, 6.45) is 2.05. The summed E-state index contributed by atoms with van der Waals surface area (Å²) in [6, 6.07) is 4.25. The SMILES string of the molecule is Cc1cc2c(cc1C)C(CN)=CCO2.Cl. The summed E-state index contributed by atoms with van der Waals surface area (Å²) in [7, 11) is 0. The van der Waals surface area contributed by atoms with Gasteiger partial charge in [0.05, 0.1) is 0 Å². The fourth-order valence-electron chi connectivity index (χ4n) is 1.70. The van der Waals surface area contributed by atoms with Crippen molar-refractivity contribution in [1.29, 1.82) is 0 Å². The van der Waals surface area contributed by atoms with E-state index in [0.29, 0.717) is 13.2 Å². The average Bonchev–Trinajstić information content (AvgIpc) is 2.19. The topological polar surface area (TPSA) is 35.2 Å². The van der Waals surface area contributed by atoms with Crippen molar-refractivity contribution < 1.29 is 4.74 Å². The Balaban J connectivity index is 0.00000112. The molecule has 0 radical (unpaired) electrons. The molecule has 2 N–H and O–H groups in total. The van der Waals surface area contributed by atoms with E-state index in [2.05, 4.69) is 32.1 Å². The van der Waals surface area contributed by atoms with Gasteiger partial charge >= 0.3 is 0 Å². The molecular formula is C12H16ClNO. The van der Waals surface area contributed by atoms with E-state index in [-0.39, 0.29) is 12.4 Å². The average molecular weight is 226 g/mol. The van der Waals surface area contributed by atoms with Gasteiger partial charge in [0.15, 0.2) is 0 Å². The van der Waals surface area contributed by atoms with Gasteiger partial charge in [-0.05, 0) is 48.8 Å². The highest BCUT2D eigenvalue weighted by molar-refractivity contribution is 5.85. The van der Waals surface area contributed by atoms with Crippen molar-refractivity contribution in [3.63, 3.8) is 0 Å². The molecule has 0 aliphatic carbocycles. The number of rotatable bonds is 1. The molecule has 0 amide bonds. The van der Waals surface area contributed by atoms with Gasteiger partial charge in [0.1, 0.15) is 12.4 Å². The Labute approximate surface area is 96.5 Å². The molecule has 1 aliphatic rings. The highest BCUT2D eigenvalue weighted by Crippen LogP contribution is 2.31. The van der Waals surface area contributed by atoms with Crippen LogP contribution in [-0.4, -0.2) is 13.2 Å². The molecule has 2 rings (SSSR count). The fourth-order valence-corrected chi connectivity index (χ4v) is 1.70. The smallest absolute Gasteiger partial charge is 0.127 e. The number of ether oxygens (including phenoxy) is 1. The molecule has 1 aromatic rings. The number of aryl methyl sites for hydroxylation is 2. The second-order valence-corrected chi connectivity index (χ2v) is 3.68. The minimum absolute atomic E-state index is 0. The second kappa shape index (κ2) is 4.69. The molecule has 1 aromatic carbocycles. The standard InChI is InChI=1S/C12H15NO.ClH/c1-8-5-11-10(7-13)3-4-14-12(11)6-9(8)2;/h3,5-6H,4,7,13H2,1-2H3;1H. The summed E-state index contributed by atoms with van der Waals surface area (Å²) in [6.45, 7) is 5.43. The Morgan fingerprint density at radius 3 is 2.60 bits per heavy atom. The normalized spacial score (nSPS) is 13.4. The summed E-state index contributed by atoms with van der Waals surface area (Å²) in [4.78, 5) is 0. The van der Waals surface area contributed by atoms with E-state index in [9.17, 15) is 0 Å². The minimum atomic E-state index is 0. The molecule has 82 valence electrons. The third-order valence-corrected chi connectivity index (χ3v) is 2.73. The van der Waals surface area contributed by atoms with Crippen LogP contribution in [0.4, 0.5) is 0 Å². The molecule has 0 saturated heterocycles. The number of halogens is 1. The summed E-state index contributed by atoms with van der Waals surface area (Å²) in [5.74, 6) is 0.969. The van der Waals surface area contributed by atoms with Gasteiger partial charge in [-0.1, -0.05) is 0 Å². The van der Waals surface area contributed by atoms with Crippen molar-refractivity contribution in [2.24, 2.45) is 5.73 Å². The molecule has 1 aliphatic heterocycles. The van der Waals surface area contributed by atoms with Crippen LogP contribution < -0.4 is 10.5 Å². The lowest BCUT2D eigenvalue weighted by Crippen LogP contribution is -2.11. The lowest BCUT2D eigenvalue weighted by Gasteiger charge is -2.19. The zero-order chi connectivity index (χ0) is 10.1. The summed E-state index contributed by atoms with van der Waals surface area (Å²) >= 11 is 0. The van der Waals surface area contributed by atoms with Crippen molar-refractivity contribution in [3.8, 4) is 5.75 Å². The molecule has 15 heavy (non-hydrogen) atoms. The maximum atomic E-state index is 5.68. The van der Waals surface area contributed by atoms with Gasteiger partial charge in [-0.2, -0.15) is 0 Å². The monoisotopic (exact) mass is 225 g/mol. The molecule has 0 spiro atoms. The molecule has 0 fully saturated rings. The van der Waals surface area contributed by atoms with Crippen molar-refractivity contribution >= 4 is 18.0 Å². The zero-order valence-corrected chi connectivity index (χ0v) is 9.86. The van der Waals surface area contributed by atoms with Crippen molar-refractivity contribution in [1.82, 2.24) is 0 Å². The number of hydrogen-bond donors (Lipinski definition) is 1. The summed E-state index contributed by atoms with van der Waals surface area (Å²) in [5, 5.41) is 0. The lowest BCUT2D eigenvalue weighted by atomic mass is 9.98. The quantitative estimate of drug-likeness (QED) is 0.797. The van der Waals surface area contributed by atoms with Crippen LogP contribution in [0.3, 0.4) is 0 Å². The largest absolute Gasteiger partial charge is 0.489 e. The van der Waals surface area contributed by atoms with Crippen LogP contribution in [0.1, 0.15) is 16.7 Å². The molecule has 0 unspecified atom stereocenters. The Bertz CT molecular complexity index is 399. The van der Waals surface area contributed by atoms with Gasteiger partial charge in [-0.15, -0.1) is 12.4 Å². The van der Waals surface area contributed by atoms with Crippen molar-refractivity contribution in [2.75, 3.05) is 13.2 Å². The van der Waals surface area contributed by atoms with Gasteiger partial charge in [0.2, 0.25) is 0 Å². The van der Waals surface area contributed by atoms with Crippen LogP contribution in [-0.2, 0) is 0 Å². The molecule has 0 saturated carbocycles. The molecule has 0 bridgehead atoms. The summed E-state index contributed by atoms with van der Waals surface area (Å²) in [5.41, 5.74) is 10.6. The third kappa shape index (κ3) is 2.16. The fraction of sp³-hybridized carbons (Fsp3) is 0.333. The Kier molecular flexibility index (Phi) is 3.77. The van der Waals surface area contributed by atoms with E-state index >= 15 is 0 Å². The molecular weight excluding hydrogens is 210 g/mol. The Morgan fingerprint density at radius 1 is 1.27 bits per heavy atom. The van der Waals surface area contributed by atoms with Crippen LogP contribution in [0.15, 0.2) is 18.2 Å². The number of benzene rings is 1. The van der Waals surface area contributed by atoms with Gasteiger partial charge in [-0.3, -0.25) is 0 Å². The maximum absolute atomic E-state index is 5.68. The first-order chi connectivity index (χ1) is 6.72. The van der Waals surface area contributed by atoms with Gasteiger partial charge in [-0.25, -0.2) is 0 Å². The predicted octanol–water partition coefficient (Wildman–Crippen LogP) is 2.46. The second-order valence-electron chi connectivity index (χ2n) is 3.68. The van der Waals surface area contributed by atoms with Crippen LogP contribution in [0.25, 0.3) is 5.57 Å². The molecule has 1 heterocycles. The van der Waals surface area contributed by atoms with E-state index in [4.69, 9.17) is 10.5 Å². The van der Waals surface area contributed by atoms with Crippen molar-refractivity contribution in [2.45, 2.75) is 13.8 Å². The van der Waals surface area contributed by atoms with E-state index in [1.54, 1.807) is 0 Å². The summed E-state index contributed by atoms with van der Waals surface area (Å²) < 4.78 is 5.56. The number of fused-ring (bicyclic) bond motifs is 1. The van der Waals surface area contributed by atoms with Gasteiger partial charge in [0.25, 0.3) is 0 Å². The predicted molar refractivity (Wildman–Crippen MR) is 65.7 cm³/mol. The van der Waals surface area contributed by atoms with E-state index in [0.717, 1.165) is 11.3 Å². The number of hydrogen-bond acceptors (Lipinski definition) is 2. The minimum Gasteiger partial charge on any atom is -0.489 e. The van der Waals surface area contributed by atoms with Gasteiger partial charge < -0.3 is 10.5 Å². The van der Waals surface area contributed by atoms with E-state index in [1.165, 1.54) is 16.7 Å². The van der Waals surface area contributed by atoms with Crippen LogP contribution >= 0.6 is 12.4 Å². The van der Waals surface area contributed by atoms with Crippen LogP contribution in [0.5, 0.6) is 5.75 Å². The first-order valence-corrected chi connectivity index (χ1v) is 4.86. The van der Waals surface area contributed by atoms with Crippen LogP contribution in [0, 0.1) is 13.8 Å². The highest BCUT2D eigenvalue weighted by Gasteiger charge is 2.13. The molecule has 0 atom stereocenters. The molecule has 2 nitrogen and oxygen atoms in total. The first kappa shape index (κ1) is 12.1. The van der Waals surface area contributed by atoms with Crippen LogP contribution in [0.2, 0.25) is 0 Å². The Hall–Kier alpha value is -0.990. The maximum Gasteiger partial charge on any atom is 0.127 e. The zero-order valence-electron chi connectivity index (χ0n) is 9.04. The van der Waals surface area contributed by atoms with E-state index in [1.807, 2.05) is 0 Å². The highest BCUT2D eigenvalue weighted by atomic mass is 35.5. The lowest BCUT2D eigenvalue weighted by molar-refractivity contribution is 0.356. The third-order valence-electron chi connectivity index (χ3n) is 2.73. The number of nitrogens with two attached hydrogens (primary N) is 1.